The highest BCUT2D eigenvalue weighted by Crippen LogP contribution is 2.31. The van der Waals surface area contributed by atoms with Crippen LogP contribution in [0.5, 0.6) is 0 Å². The van der Waals surface area contributed by atoms with Crippen molar-refractivity contribution >= 4 is 45.4 Å². The minimum Gasteiger partial charge on any atom is -0.478 e. The molecule has 3 aromatic rings. The molecular formula is C18H10O8. The molecule has 8 nitrogen and oxygen atoms in total. The molecule has 0 heterocycles. The first kappa shape index (κ1) is 16.9. The number of fused-ring (bicyclic) bond motifs is 3. The number of carboxylic acid groups (broad SMARTS) is 4. The Kier molecular flexibility index (Phi) is 3.80. The highest BCUT2D eigenvalue weighted by Gasteiger charge is 2.21. The van der Waals surface area contributed by atoms with Crippen LogP contribution >= 0.6 is 0 Å². The maximum absolute atomic E-state index is 11.4. The van der Waals surface area contributed by atoms with E-state index in [0.717, 1.165) is 12.1 Å². The van der Waals surface area contributed by atoms with Gasteiger partial charge in [-0.2, -0.15) is 0 Å². The molecule has 4 N–H and O–H groups in total. The van der Waals surface area contributed by atoms with E-state index in [1.807, 2.05) is 0 Å². The standard InChI is InChI=1S/C18H10O8/c19-15(20)11-3-7-1-2-8-4-12(16(21)22)14(18(25)26)6-10(8)9(7)5-13(11)17(23)24/h1-6H,(H,19,20)(H,21,22)(H,23,24)(H,25,26). The van der Waals surface area contributed by atoms with Gasteiger partial charge in [-0.05, 0) is 45.8 Å². The minimum absolute atomic E-state index is 0.310. The lowest BCUT2D eigenvalue weighted by Crippen LogP contribution is -2.09. The number of hydrogen-bond acceptors (Lipinski definition) is 4. The molecule has 0 radical (unpaired) electrons. The fraction of sp³-hybridized carbons (Fsp3) is 0. The van der Waals surface area contributed by atoms with E-state index in [1.165, 1.54) is 24.3 Å². The first-order valence-corrected chi connectivity index (χ1v) is 7.18. The first-order chi connectivity index (χ1) is 12.2. The highest BCUT2D eigenvalue weighted by molar-refractivity contribution is 6.16. The minimum atomic E-state index is -1.44. The molecule has 0 aliphatic heterocycles. The van der Waals surface area contributed by atoms with Gasteiger partial charge in [0.15, 0.2) is 0 Å². The van der Waals surface area contributed by atoms with Crippen LogP contribution in [0.4, 0.5) is 0 Å². The Balaban J connectivity index is 2.48. The van der Waals surface area contributed by atoms with Gasteiger partial charge in [-0.25, -0.2) is 19.2 Å². The van der Waals surface area contributed by atoms with Gasteiger partial charge >= 0.3 is 23.9 Å². The third-order valence-electron chi connectivity index (χ3n) is 4.03. The van der Waals surface area contributed by atoms with E-state index in [-0.39, 0.29) is 0 Å². The molecule has 0 aromatic heterocycles. The SMILES string of the molecule is O=C(O)c1cc2ccc3cc(C(=O)O)c(C(=O)O)cc3c2cc1C(=O)O. The molecule has 3 rings (SSSR count). The molecule has 3 aromatic carbocycles. The monoisotopic (exact) mass is 354 g/mol. The Labute approximate surface area is 144 Å². The summed E-state index contributed by atoms with van der Waals surface area (Å²) in [5, 5.41) is 38.3. The zero-order valence-electron chi connectivity index (χ0n) is 12.9. The van der Waals surface area contributed by atoms with E-state index in [4.69, 9.17) is 0 Å². The Morgan fingerprint density at radius 1 is 0.500 bits per heavy atom. The van der Waals surface area contributed by atoms with Gasteiger partial charge in [0, 0.05) is 0 Å². The predicted octanol–water partition coefficient (Wildman–Crippen LogP) is 2.79. The third kappa shape index (κ3) is 2.59. The Morgan fingerprint density at radius 2 is 0.769 bits per heavy atom. The molecule has 0 fully saturated rings. The van der Waals surface area contributed by atoms with Gasteiger partial charge in [-0.3, -0.25) is 0 Å². The normalized spacial score (nSPS) is 10.8. The van der Waals surface area contributed by atoms with E-state index in [2.05, 4.69) is 0 Å². The summed E-state index contributed by atoms with van der Waals surface area (Å²) in [6.07, 6.45) is 0. The Hall–Kier alpha value is -3.94. The smallest absolute Gasteiger partial charge is 0.336 e. The molecule has 0 atom stereocenters. The zero-order chi connectivity index (χ0) is 19.2. The van der Waals surface area contributed by atoms with Crippen molar-refractivity contribution in [1.82, 2.24) is 0 Å². The molecule has 0 bridgehead atoms. The number of aromatic carboxylic acids is 4. The summed E-state index contributed by atoms with van der Waals surface area (Å²) >= 11 is 0. The molecule has 0 spiro atoms. The summed E-state index contributed by atoms with van der Waals surface area (Å²) < 4.78 is 0. The number of carboxylic acids is 4. The van der Waals surface area contributed by atoms with E-state index >= 15 is 0 Å². The summed E-state index contributed by atoms with van der Waals surface area (Å²) in [4.78, 5) is 45.4. The topological polar surface area (TPSA) is 149 Å². The fourth-order valence-corrected chi connectivity index (χ4v) is 2.86. The average molecular weight is 354 g/mol. The number of carbonyl (C=O) groups is 4. The molecular weight excluding hydrogens is 344 g/mol. The molecule has 130 valence electrons. The number of rotatable bonds is 4. The maximum atomic E-state index is 11.4. The van der Waals surface area contributed by atoms with Crippen molar-refractivity contribution in [2.24, 2.45) is 0 Å². The van der Waals surface area contributed by atoms with Crippen LogP contribution in [0.3, 0.4) is 0 Å². The quantitative estimate of drug-likeness (QED) is 0.522. The lowest BCUT2D eigenvalue weighted by molar-refractivity contribution is 0.0652. The lowest BCUT2D eigenvalue weighted by atomic mass is 9.93. The van der Waals surface area contributed by atoms with Crippen LogP contribution in [-0.4, -0.2) is 44.3 Å². The summed E-state index contributed by atoms with van der Waals surface area (Å²) in [6, 6.07) is 7.70. The van der Waals surface area contributed by atoms with Crippen molar-refractivity contribution < 1.29 is 39.6 Å². The van der Waals surface area contributed by atoms with Crippen LogP contribution in [-0.2, 0) is 0 Å². The van der Waals surface area contributed by atoms with Crippen LogP contribution in [0.25, 0.3) is 21.5 Å². The second-order valence-corrected chi connectivity index (χ2v) is 5.52. The number of hydrogen-bond donors (Lipinski definition) is 4. The van der Waals surface area contributed by atoms with Crippen molar-refractivity contribution in [2.45, 2.75) is 0 Å². The summed E-state index contributed by atoms with van der Waals surface area (Å²) in [7, 11) is 0. The summed E-state index contributed by atoms with van der Waals surface area (Å²) in [6.45, 7) is 0. The largest absolute Gasteiger partial charge is 0.478 e. The van der Waals surface area contributed by atoms with Crippen molar-refractivity contribution in [3.05, 3.63) is 58.7 Å². The van der Waals surface area contributed by atoms with Crippen molar-refractivity contribution in [3.63, 3.8) is 0 Å². The van der Waals surface area contributed by atoms with E-state index in [0.29, 0.717) is 21.5 Å². The Morgan fingerprint density at radius 3 is 1.04 bits per heavy atom. The molecule has 0 saturated carbocycles. The van der Waals surface area contributed by atoms with Gasteiger partial charge < -0.3 is 20.4 Å². The van der Waals surface area contributed by atoms with Crippen molar-refractivity contribution in [2.75, 3.05) is 0 Å². The predicted molar refractivity (Wildman–Crippen MR) is 89.3 cm³/mol. The van der Waals surface area contributed by atoms with E-state index < -0.39 is 46.1 Å². The second kappa shape index (κ2) is 5.85. The van der Waals surface area contributed by atoms with Crippen molar-refractivity contribution in [1.29, 1.82) is 0 Å². The average Bonchev–Trinajstić information content (AvgIpc) is 2.58. The van der Waals surface area contributed by atoms with E-state index in [9.17, 15) is 39.6 Å². The molecule has 8 heteroatoms. The van der Waals surface area contributed by atoms with Crippen LogP contribution in [0.1, 0.15) is 41.4 Å². The highest BCUT2D eigenvalue weighted by atomic mass is 16.4. The second-order valence-electron chi connectivity index (χ2n) is 5.52. The van der Waals surface area contributed by atoms with Crippen LogP contribution in [0.15, 0.2) is 36.4 Å². The van der Waals surface area contributed by atoms with Gasteiger partial charge in [-0.15, -0.1) is 0 Å². The van der Waals surface area contributed by atoms with Gasteiger partial charge in [0.2, 0.25) is 0 Å². The first-order valence-electron chi connectivity index (χ1n) is 7.18. The molecule has 0 unspecified atom stereocenters. The molecule has 26 heavy (non-hydrogen) atoms. The maximum Gasteiger partial charge on any atom is 0.336 e. The van der Waals surface area contributed by atoms with Crippen LogP contribution in [0.2, 0.25) is 0 Å². The zero-order valence-corrected chi connectivity index (χ0v) is 12.9. The van der Waals surface area contributed by atoms with Crippen LogP contribution in [0, 0.1) is 0 Å². The molecule has 0 amide bonds. The van der Waals surface area contributed by atoms with Gasteiger partial charge in [0.25, 0.3) is 0 Å². The van der Waals surface area contributed by atoms with Gasteiger partial charge in [0.05, 0.1) is 22.3 Å². The Bertz CT molecular complexity index is 1050. The third-order valence-corrected chi connectivity index (χ3v) is 4.03. The number of benzene rings is 3. The molecule has 0 saturated heterocycles. The molecule has 0 aliphatic carbocycles. The molecule has 0 aliphatic rings. The van der Waals surface area contributed by atoms with Gasteiger partial charge in [-0.1, -0.05) is 12.1 Å². The summed E-state index contributed by atoms with van der Waals surface area (Å²) in [5.74, 6) is -5.70. The van der Waals surface area contributed by atoms with Crippen molar-refractivity contribution in [3.8, 4) is 0 Å². The summed E-state index contributed by atoms with van der Waals surface area (Å²) in [5.41, 5.74) is -1.69. The van der Waals surface area contributed by atoms with E-state index in [1.54, 1.807) is 0 Å². The fourth-order valence-electron chi connectivity index (χ4n) is 2.86. The lowest BCUT2D eigenvalue weighted by Gasteiger charge is -2.10. The van der Waals surface area contributed by atoms with Gasteiger partial charge in [0.1, 0.15) is 0 Å². The van der Waals surface area contributed by atoms with Crippen LogP contribution < -0.4 is 0 Å².